The first-order valence-corrected chi connectivity index (χ1v) is 12.1. The van der Waals surface area contributed by atoms with E-state index in [9.17, 15) is 4.79 Å². The van der Waals surface area contributed by atoms with E-state index in [1.807, 2.05) is 44.2 Å². The third kappa shape index (κ3) is 4.59. The first kappa shape index (κ1) is 22.6. The lowest BCUT2D eigenvalue weighted by Gasteiger charge is -2.30. The molecule has 0 unspecified atom stereocenters. The molecule has 2 aromatic carbocycles. The Hall–Kier alpha value is -2.64. The predicted octanol–water partition coefficient (Wildman–Crippen LogP) is 6.23. The van der Waals surface area contributed by atoms with Crippen LogP contribution in [0.1, 0.15) is 50.5 Å². The van der Waals surface area contributed by atoms with Gasteiger partial charge in [0.25, 0.3) is 0 Å². The summed E-state index contributed by atoms with van der Waals surface area (Å²) in [4.78, 5) is 19.5. The van der Waals surface area contributed by atoms with Crippen LogP contribution in [0.4, 0.5) is 5.69 Å². The van der Waals surface area contributed by atoms with E-state index in [0.29, 0.717) is 39.4 Å². The molecule has 3 aromatic rings. The third-order valence-corrected chi connectivity index (χ3v) is 6.39. The normalized spacial score (nSPS) is 14.9. The van der Waals surface area contributed by atoms with Crippen molar-refractivity contribution in [3.05, 3.63) is 58.6 Å². The van der Waals surface area contributed by atoms with E-state index in [2.05, 4.69) is 22.1 Å². The minimum absolute atomic E-state index is 0.0718. The molecule has 0 saturated carbocycles. The Morgan fingerprint density at radius 1 is 1.16 bits per heavy atom. The van der Waals surface area contributed by atoms with E-state index in [0.717, 1.165) is 29.7 Å². The van der Waals surface area contributed by atoms with Gasteiger partial charge in [0, 0.05) is 28.3 Å². The lowest BCUT2D eigenvalue weighted by Crippen LogP contribution is -2.37. The average molecular weight is 469 g/mol. The molecule has 0 N–H and O–H groups in total. The molecule has 0 fully saturated rings. The van der Waals surface area contributed by atoms with Crippen LogP contribution in [0, 0.1) is 6.92 Å². The van der Waals surface area contributed by atoms with Gasteiger partial charge in [0.1, 0.15) is 0 Å². The number of nitrogens with zero attached hydrogens (tertiary/aromatic N) is 4. The number of aromatic nitrogens is 3. The number of carbonyl (C=O) groups excluding carboxylic acids is 1. The molecule has 0 aliphatic carbocycles. The second-order valence-corrected chi connectivity index (χ2v) is 9.11. The third-order valence-electron chi connectivity index (χ3n) is 5.23. The van der Waals surface area contributed by atoms with Crippen molar-refractivity contribution >= 4 is 35.0 Å². The maximum absolute atomic E-state index is 13.2. The fourth-order valence-corrected chi connectivity index (χ4v) is 4.53. The van der Waals surface area contributed by atoms with Gasteiger partial charge in [-0.1, -0.05) is 73.5 Å². The van der Waals surface area contributed by atoms with Gasteiger partial charge in [0.15, 0.2) is 5.69 Å². The highest BCUT2D eigenvalue weighted by Crippen LogP contribution is 2.44. The van der Waals surface area contributed by atoms with Crippen molar-refractivity contribution in [2.45, 2.75) is 51.4 Å². The summed E-state index contributed by atoms with van der Waals surface area (Å²) in [6.45, 7) is 6.00. The highest BCUT2D eigenvalue weighted by atomic mass is 35.5. The summed E-state index contributed by atoms with van der Waals surface area (Å²) in [5.74, 6) is 1.18. The summed E-state index contributed by atoms with van der Waals surface area (Å²) in [5, 5.41) is 9.85. The van der Waals surface area contributed by atoms with Gasteiger partial charge < -0.3 is 4.74 Å². The number of halogens is 1. The highest BCUT2D eigenvalue weighted by Gasteiger charge is 2.35. The second kappa shape index (κ2) is 9.88. The molecule has 0 radical (unpaired) electrons. The molecule has 6 nitrogen and oxygen atoms in total. The van der Waals surface area contributed by atoms with Crippen molar-refractivity contribution in [2.24, 2.45) is 0 Å². The van der Waals surface area contributed by atoms with E-state index < -0.39 is 6.23 Å². The summed E-state index contributed by atoms with van der Waals surface area (Å²) in [6.07, 6.45) is 1.79. The number of benzene rings is 2. The summed E-state index contributed by atoms with van der Waals surface area (Å²) < 4.78 is 6.42. The lowest BCUT2D eigenvalue weighted by molar-refractivity contribution is -0.120. The molecule has 166 valence electrons. The Morgan fingerprint density at radius 3 is 2.66 bits per heavy atom. The minimum atomic E-state index is -0.686. The van der Waals surface area contributed by atoms with Crippen LogP contribution >= 0.6 is 23.4 Å². The number of anilines is 1. The number of unbranched alkanes of at least 4 members (excludes halogenated alkanes) is 1. The number of thioether (sulfide) groups is 1. The Balaban J connectivity index is 1.88. The van der Waals surface area contributed by atoms with Gasteiger partial charge in [-0.05, 0) is 31.5 Å². The fraction of sp³-hybridized carbons (Fsp3) is 0.333. The SMILES string of the molecule is CCCCSc1nnc2c(n1)O[C@H](c1ccc(C)cc1)N(C(=O)CC)c1ccc(Cl)cc1-2. The Labute approximate surface area is 197 Å². The largest absolute Gasteiger partial charge is 0.447 e. The average Bonchev–Trinajstić information content (AvgIpc) is 2.93. The van der Waals surface area contributed by atoms with Crippen LogP contribution in [0.2, 0.25) is 5.02 Å². The second-order valence-electron chi connectivity index (χ2n) is 7.61. The molecule has 4 rings (SSSR count). The number of carbonyl (C=O) groups is 1. The van der Waals surface area contributed by atoms with Crippen molar-refractivity contribution in [1.82, 2.24) is 15.2 Å². The van der Waals surface area contributed by atoms with Crippen LogP contribution in [-0.2, 0) is 4.79 Å². The molecule has 1 atom stereocenters. The van der Waals surface area contributed by atoms with Gasteiger partial charge in [-0.25, -0.2) is 0 Å². The lowest BCUT2D eigenvalue weighted by atomic mass is 10.1. The van der Waals surface area contributed by atoms with Crippen LogP contribution in [0.3, 0.4) is 0 Å². The van der Waals surface area contributed by atoms with E-state index >= 15 is 0 Å². The van der Waals surface area contributed by atoms with Gasteiger partial charge in [-0.15, -0.1) is 10.2 Å². The van der Waals surface area contributed by atoms with Crippen LogP contribution in [-0.4, -0.2) is 26.8 Å². The molecule has 1 aliphatic heterocycles. The van der Waals surface area contributed by atoms with Gasteiger partial charge in [0.2, 0.25) is 23.2 Å². The molecular weight excluding hydrogens is 444 g/mol. The standard InChI is InChI=1S/C24H25ClN4O2S/c1-4-6-13-32-24-26-22-21(27-28-24)18-14-17(25)11-12-19(18)29(20(30)5-2)23(31-22)16-9-7-15(3)8-10-16/h7-12,14,23H,4-6,13H2,1-3H3/t23-/m1/s1. The van der Waals surface area contributed by atoms with E-state index in [4.69, 9.17) is 16.3 Å². The zero-order valence-corrected chi connectivity index (χ0v) is 19.9. The van der Waals surface area contributed by atoms with Gasteiger partial charge >= 0.3 is 0 Å². The molecule has 8 heteroatoms. The summed E-state index contributed by atoms with van der Waals surface area (Å²) in [5.41, 5.74) is 3.81. The summed E-state index contributed by atoms with van der Waals surface area (Å²) in [6, 6.07) is 13.3. The number of ether oxygens (including phenoxy) is 1. The van der Waals surface area contributed by atoms with Gasteiger partial charge in [0.05, 0.1) is 5.69 Å². The van der Waals surface area contributed by atoms with Gasteiger partial charge in [-0.2, -0.15) is 4.98 Å². The number of fused-ring (bicyclic) bond motifs is 3. The molecule has 1 aromatic heterocycles. The molecule has 0 bridgehead atoms. The van der Waals surface area contributed by atoms with Crippen molar-refractivity contribution in [3.63, 3.8) is 0 Å². The van der Waals surface area contributed by atoms with E-state index in [1.54, 1.807) is 28.8 Å². The highest BCUT2D eigenvalue weighted by molar-refractivity contribution is 7.99. The number of aryl methyl sites for hydroxylation is 1. The molecule has 1 aliphatic rings. The Bertz CT molecular complexity index is 1120. The van der Waals surface area contributed by atoms with Crippen molar-refractivity contribution < 1.29 is 9.53 Å². The van der Waals surface area contributed by atoms with Gasteiger partial charge in [-0.3, -0.25) is 9.69 Å². The van der Waals surface area contributed by atoms with Crippen molar-refractivity contribution in [3.8, 4) is 17.1 Å². The van der Waals surface area contributed by atoms with Crippen LogP contribution in [0.5, 0.6) is 5.88 Å². The first-order chi connectivity index (χ1) is 15.5. The predicted molar refractivity (Wildman–Crippen MR) is 128 cm³/mol. The molecule has 32 heavy (non-hydrogen) atoms. The molecule has 1 amide bonds. The van der Waals surface area contributed by atoms with Crippen LogP contribution < -0.4 is 9.64 Å². The molecular formula is C24H25ClN4O2S. The maximum atomic E-state index is 13.2. The number of hydrogen-bond donors (Lipinski definition) is 0. The minimum Gasteiger partial charge on any atom is -0.447 e. The fourth-order valence-electron chi connectivity index (χ4n) is 3.49. The van der Waals surface area contributed by atoms with Crippen molar-refractivity contribution in [2.75, 3.05) is 10.7 Å². The topological polar surface area (TPSA) is 68.2 Å². The van der Waals surface area contributed by atoms with Crippen molar-refractivity contribution in [1.29, 1.82) is 0 Å². The smallest absolute Gasteiger partial charge is 0.247 e. The number of amides is 1. The molecule has 2 heterocycles. The summed E-state index contributed by atoms with van der Waals surface area (Å²) >= 11 is 7.88. The monoisotopic (exact) mass is 468 g/mol. The zero-order valence-electron chi connectivity index (χ0n) is 18.3. The van der Waals surface area contributed by atoms with Crippen LogP contribution in [0.25, 0.3) is 11.3 Å². The molecule has 0 saturated heterocycles. The maximum Gasteiger partial charge on any atom is 0.247 e. The zero-order chi connectivity index (χ0) is 22.7. The van der Waals surface area contributed by atoms with E-state index in [1.165, 1.54) is 0 Å². The summed E-state index contributed by atoms with van der Waals surface area (Å²) in [7, 11) is 0. The van der Waals surface area contributed by atoms with E-state index in [-0.39, 0.29) is 5.91 Å². The Kier molecular flexibility index (Phi) is 6.96. The van der Waals surface area contributed by atoms with Crippen LogP contribution in [0.15, 0.2) is 47.6 Å². The molecule has 0 spiro atoms. The first-order valence-electron chi connectivity index (χ1n) is 10.7. The quantitative estimate of drug-likeness (QED) is 0.315. The number of rotatable bonds is 6. The Morgan fingerprint density at radius 2 is 1.94 bits per heavy atom. The number of hydrogen-bond acceptors (Lipinski definition) is 6.